The van der Waals surface area contributed by atoms with Crippen LogP contribution in [0.1, 0.15) is 27.8 Å². The van der Waals surface area contributed by atoms with Crippen molar-refractivity contribution < 1.29 is 0 Å². The highest BCUT2D eigenvalue weighted by Gasteiger charge is 2.16. The van der Waals surface area contributed by atoms with Gasteiger partial charge >= 0.3 is 0 Å². The van der Waals surface area contributed by atoms with E-state index in [0.29, 0.717) is 6.54 Å². The maximum Gasteiger partial charge on any atom is 0.0181 e. The molecule has 0 bridgehead atoms. The zero-order valence-corrected chi connectivity index (χ0v) is 9.24. The highest BCUT2D eigenvalue weighted by molar-refractivity contribution is 5.48. The van der Waals surface area contributed by atoms with Crippen LogP contribution in [-0.4, -0.2) is 0 Å². The lowest BCUT2D eigenvalue weighted by Crippen LogP contribution is -2.11. The largest absolute Gasteiger partial charge is 0.326 e. The van der Waals surface area contributed by atoms with Crippen LogP contribution >= 0.6 is 0 Å². The van der Waals surface area contributed by atoms with Gasteiger partial charge < -0.3 is 5.73 Å². The minimum absolute atomic E-state index is 0.644. The summed E-state index contributed by atoms with van der Waals surface area (Å²) in [6.07, 6.45) is 2.10. The van der Waals surface area contributed by atoms with Crippen molar-refractivity contribution in [2.75, 3.05) is 0 Å². The maximum atomic E-state index is 5.79. The Kier molecular flexibility index (Phi) is 2.26. The lowest BCUT2D eigenvalue weighted by atomic mass is 9.84. The Morgan fingerprint density at radius 3 is 2.25 bits per heavy atom. The van der Waals surface area contributed by atoms with E-state index in [4.69, 9.17) is 5.73 Å². The number of hydrogen-bond acceptors (Lipinski definition) is 1. The van der Waals surface area contributed by atoms with Crippen molar-refractivity contribution in [3.8, 4) is 0 Å². The Morgan fingerprint density at radius 1 is 0.812 bits per heavy atom. The molecule has 1 aliphatic carbocycles. The zero-order chi connectivity index (χ0) is 11.0. The van der Waals surface area contributed by atoms with Crippen LogP contribution < -0.4 is 5.73 Å². The van der Waals surface area contributed by atoms with Gasteiger partial charge in [0.1, 0.15) is 0 Å². The van der Waals surface area contributed by atoms with Gasteiger partial charge in [-0.2, -0.15) is 0 Å². The third-order valence-corrected chi connectivity index (χ3v) is 3.46. The van der Waals surface area contributed by atoms with Gasteiger partial charge in [0.25, 0.3) is 0 Å². The minimum Gasteiger partial charge on any atom is -0.326 e. The molecule has 0 saturated carbocycles. The van der Waals surface area contributed by atoms with Gasteiger partial charge in [0.2, 0.25) is 0 Å². The minimum atomic E-state index is 0.644. The number of benzene rings is 2. The van der Waals surface area contributed by atoms with Crippen molar-refractivity contribution in [3.05, 3.63) is 70.3 Å². The molecule has 2 N–H and O–H groups in total. The summed E-state index contributed by atoms with van der Waals surface area (Å²) in [5, 5.41) is 0. The molecule has 16 heavy (non-hydrogen) atoms. The van der Waals surface area contributed by atoms with Crippen LogP contribution in [0.25, 0.3) is 0 Å². The molecule has 0 heterocycles. The van der Waals surface area contributed by atoms with Gasteiger partial charge in [0.05, 0.1) is 0 Å². The van der Waals surface area contributed by atoms with Crippen LogP contribution in [0.4, 0.5) is 0 Å². The van der Waals surface area contributed by atoms with Gasteiger partial charge in [0, 0.05) is 6.54 Å². The molecule has 0 amide bonds. The molecule has 1 aliphatic rings. The van der Waals surface area contributed by atoms with Gasteiger partial charge in [-0.3, -0.25) is 0 Å². The Hall–Kier alpha value is -1.60. The normalized spacial score (nSPS) is 13.1. The Bertz CT molecular complexity index is 529. The third-order valence-electron chi connectivity index (χ3n) is 3.46. The standard InChI is InChI=1S/C15H15N/c16-10-14-7-3-6-13-8-11-4-1-2-5-12(11)9-15(13)14/h1-7H,8-10,16H2. The van der Waals surface area contributed by atoms with E-state index in [0.717, 1.165) is 12.8 Å². The molecular weight excluding hydrogens is 194 g/mol. The molecule has 0 spiro atoms. The highest BCUT2D eigenvalue weighted by Crippen LogP contribution is 2.28. The third kappa shape index (κ3) is 1.44. The van der Waals surface area contributed by atoms with Gasteiger partial charge in [-0.15, -0.1) is 0 Å². The molecular formula is C15H15N. The predicted octanol–water partition coefficient (Wildman–Crippen LogP) is 2.64. The number of fused-ring (bicyclic) bond motifs is 2. The van der Waals surface area contributed by atoms with E-state index in [2.05, 4.69) is 42.5 Å². The van der Waals surface area contributed by atoms with Crippen LogP contribution in [0.15, 0.2) is 42.5 Å². The summed E-state index contributed by atoms with van der Waals surface area (Å²) in [5.41, 5.74) is 12.9. The number of rotatable bonds is 1. The summed E-state index contributed by atoms with van der Waals surface area (Å²) in [7, 11) is 0. The lowest BCUT2D eigenvalue weighted by Gasteiger charge is -2.21. The first-order valence-electron chi connectivity index (χ1n) is 5.75. The molecule has 0 saturated heterocycles. The van der Waals surface area contributed by atoms with Crippen molar-refractivity contribution in [1.82, 2.24) is 0 Å². The molecule has 0 unspecified atom stereocenters. The summed E-state index contributed by atoms with van der Waals surface area (Å²) in [6.45, 7) is 0.644. The molecule has 2 aromatic carbocycles. The molecule has 1 heteroatoms. The summed E-state index contributed by atoms with van der Waals surface area (Å²) in [5.74, 6) is 0. The second kappa shape index (κ2) is 3.76. The van der Waals surface area contributed by atoms with Crippen LogP contribution in [0.2, 0.25) is 0 Å². The first kappa shape index (κ1) is 9.61. The highest BCUT2D eigenvalue weighted by atomic mass is 14.5. The van der Waals surface area contributed by atoms with E-state index in [1.807, 2.05) is 0 Å². The fourth-order valence-electron chi connectivity index (χ4n) is 2.57. The van der Waals surface area contributed by atoms with E-state index < -0.39 is 0 Å². The fraction of sp³-hybridized carbons (Fsp3) is 0.200. The fourth-order valence-corrected chi connectivity index (χ4v) is 2.57. The average molecular weight is 209 g/mol. The lowest BCUT2D eigenvalue weighted by molar-refractivity contribution is 0.945. The molecule has 2 aromatic rings. The molecule has 0 fully saturated rings. The molecule has 0 aromatic heterocycles. The van der Waals surface area contributed by atoms with Crippen LogP contribution in [0.3, 0.4) is 0 Å². The van der Waals surface area contributed by atoms with Crippen molar-refractivity contribution in [3.63, 3.8) is 0 Å². The zero-order valence-electron chi connectivity index (χ0n) is 9.24. The van der Waals surface area contributed by atoms with E-state index in [1.54, 1.807) is 0 Å². The monoisotopic (exact) mass is 209 g/mol. The Morgan fingerprint density at radius 2 is 1.50 bits per heavy atom. The van der Waals surface area contributed by atoms with Crippen molar-refractivity contribution >= 4 is 0 Å². The Labute approximate surface area is 95.9 Å². The first-order valence-corrected chi connectivity index (χ1v) is 5.75. The van der Waals surface area contributed by atoms with Gasteiger partial charge in [0.15, 0.2) is 0 Å². The van der Waals surface area contributed by atoms with E-state index in [-0.39, 0.29) is 0 Å². The predicted molar refractivity (Wildman–Crippen MR) is 66.4 cm³/mol. The van der Waals surface area contributed by atoms with Gasteiger partial charge in [-0.05, 0) is 40.7 Å². The molecule has 1 nitrogen and oxygen atoms in total. The van der Waals surface area contributed by atoms with Gasteiger partial charge in [-0.25, -0.2) is 0 Å². The molecule has 0 atom stereocenters. The van der Waals surface area contributed by atoms with Gasteiger partial charge in [-0.1, -0.05) is 42.5 Å². The van der Waals surface area contributed by atoms with E-state index >= 15 is 0 Å². The summed E-state index contributed by atoms with van der Waals surface area (Å²) in [4.78, 5) is 0. The summed E-state index contributed by atoms with van der Waals surface area (Å²) >= 11 is 0. The van der Waals surface area contributed by atoms with Crippen molar-refractivity contribution in [2.24, 2.45) is 5.73 Å². The number of nitrogens with two attached hydrogens (primary N) is 1. The number of hydrogen-bond donors (Lipinski definition) is 1. The van der Waals surface area contributed by atoms with Crippen molar-refractivity contribution in [2.45, 2.75) is 19.4 Å². The summed E-state index contributed by atoms with van der Waals surface area (Å²) < 4.78 is 0. The molecule has 0 radical (unpaired) electrons. The second-order valence-corrected chi connectivity index (χ2v) is 4.38. The second-order valence-electron chi connectivity index (χ2n) is 4.38. The molecule has 80 valence electrons. The SMILES string of the molecule is NCc1cccc2c1Cc1ccccc1C2. The van der Waals surface area contributed by atoms with E-state index in [9.17, 15) is 0 Å². The van der Waals surface area contributed by atoms with E-state index in [1.165, 1.54) is 27.8 Å². The molecule has 3 rings (SSSR count). The summed E-state index contributed by atoms with van der Waals surface area (Å²) in [6, 6.07) is 15.2. The van der Waals surface area contributed by atoms with Crippen LogP contribution in [-0.2, 0) is 19.4 Å². The quantitative estimate of drug-likeness (QED) is 0.655. The Balaban J connectivity index is 2.12. The maximum absolute atomic E-state index is 5.79. The molecule has 0 aliphatic heterocycles. The first-order chi connectivity index (χ1) is 7.88. The van der Waals surface area contributed by atoms with Crippen LogP contribution in [0, 0.1) is 0 Å². The van der Waals surface area contributed by atoms with Crippen molar-refractivity contribution in [1.29, 1.82) is 0 Å². The average Bonchev–Trinajstić information content (AvgIpc) is 2.35. The topological polar surface area (TPSA) is 26.0 Å². The smallest absolute Gasteiger partial charge is 0.0181 e. The van der Waals surface area contributed by atoms with Crippen LogP contribution in [0.5, 0.6) is 0 Å².